The second kappa shape index (κ2) is 5.95. The van der Waals surface area contributed by atoms with Crippen LogP contribution in [-0.2, 0) is 4.74 Å². The van der Waals surface area contributed by atoms with Crippen molar-refractivity contribution in [3.05, 3.63) is 4.60 Å². The Morgan fingerprint density at radius 3 is 2.91 bits per heavy atom. The van der Waals surface area contributed by atoms with Crippen LogP contribution in [0, 0.1) is 0 Å². The SMILES string of the molecule is CCOc1nc(N)nc2c1c(Br)nn2[C@H]1C[C@H](O)[C@@H](CO)O1. The summed E-state index contributed by atoms with van der Waals surface area (Å²) in [5.74, 6) is 0.391. The van der Waals surface area contributed by atoms with Gasteiger partial charge in [-0.3, -0.25) is 0 Å². The van der Waals surface area contributed by atoms with E-state index >= 15 is 0 Å². The minimum absolute atomic E-state index is 0.0573. The molecule has 0 saturated carbocycles. The third kappa shape index (κ3) is 2.51. The number of nitrogens with two attached hydrogens (primary N) is 1. The van der Waals surface area contributed by atoms with E-state index in [-0.39, 0.29) is 12.6 Å². The van der Waals surface area contributed by atoms with Crippen LogP contribution < -0.4 is 10.5 Å². The monoisotopic (exact) mass is 373 g/mol. The number of aliphatic hydroxyl groups excluding tert-OH is 2. The molecule has 0 amide bonds. The van der Waals surface area contributed by atoms with Gasteiger partial charge in [0.2, 0.25) is 11.8 Å². The van der Waals surface area contributed by atoms with E-state index in [9.17, 15) is 10.2 Å². The first-order valence-corrected chi connectivity index (χ1v) is 7.62. The third-order valence-electron chi connectivity index (χ3n) is 3.43. The number of halogens is 1. The van der Waals surface area contributed by atoms with Gasteiger partial charge in [-0.05, 0) is 22.9 Å². The number of nitrogens with zero attached hydrogens (tertiary/aromatic N) is 4. The molecule has 0 spiro atoms. The molecule has 3 heterocycles. The number of hydrogen-bond donors (Lipinski definition) is 3. The van der Waals surface area contributed by atoms with Crippen molar-refractivity contribution in [2.75, 3.05) is 18.9 Å². The quantitative estimate of drug-likeness (QED) is 0.693. The van der Waals surface area contributed by atoms with E-state index < -0.39 is 18.4 Å². The van der Waals surface area contributed by atoms with Crippen LogP contribution in [0.3, 0.4) is 0 Å². The molecule has 9 nitrogen and oxygen atoms in total. The lowest BCUT2D eigenvalue weighted by atomic mass is 10.2. The molecular weight excluding hydrogens is 358 g/mol. The molecule has 22 heavy (non-hydrogen) atoms. The molecule has 0 aliphatic carbocycles. The van der Waals surface area contributed by atoms with E-state index in [2.05, 4.69) is 31.0 Å². The minimum Gasteiger partial charge on any atom is -0.477 e. The van der Waals surface area contributed by atoms with Crippen LogP contribution in [0.2, 0.25) is 0 Å². The largest absolute Gasteiger partial charge is 0.477 e. The highest BCUT2D eigenvalue weighted by Crippen LogP contribution is 2.36. The molecule has 1 aliphatic heterocycles. The first kappa shape index (κ1) is 15.4. The van der Waals surface area contributed by atoms with Crippen LogP contribution >= 0.6 is 15.9 Å². The maximum absolute atomic E-state index is 9.87. The molecule has 1 aliphatic rings. The number of aromatic nitrogens is 4. The van der Waals surface area contributed by atoms with Crippen LogP contribution in [0.15, 0.2) is 4.60 Å². The number of nitrogen functional groups attached to an aromatic ring is 1. The predicted molar refractivity (Wildman–Crippen MR) is 80.2 cm³/mol. The van der Waals surface area contributed by atoms with Gasteiger partial charge in [-0.1, -0.05) is 0 Å². The average molecular weight is 374 g/mol. The Morgan fingerprint density at radius 2 is 2.27 bits per heavy atom. The van der Waals surface area contributed by atoms with E-state index in [0.717, 1.165) is 0 Å². The van der Waals surface area contributed by atoms with Gasteiger partial charge in [-0.2, -0.15) is 15.1 Å². The van der Waals surface area contributed by atoms with Gasteiger partial charge in [0.05, 0.1) is 19.3 Å². The maximum atomic E-state index is 9.87. The van der Waals surface area contributed by atoms with E-state index in [0.29, 0.717) is 34.5 Å². The van der Waals surface area contributed by atoms with E-state index in [1.807, 2.05) is 6.92 Å². The van der Waals surface area contributed by atoms with Crippen molar-refractivity contribution in [1.29, 1.82) is 0 Å². The van der Waals surface area contributed by atoms with Crippen molar-refractivity contribution in [2.45, 2.75) is 31.8 Å². The zero-order chi connectivity index (χ0) is 15.9. The van der Waals surface area contributed by atoms with Gasteiger partial charge < -0.3 is 25.4 Å². The topological polar surface area (TPSA) is 129 Å². The Bertz CT molecular complexity index is 694. The molecule has 10 heteroatoms. The maximum Gasteiger partial charge on any atom is 0.230 e. The molecule has 120 valence electrons. The van der Waals surface area contributed by atoms with Crippen LogP contribution in [0.5, 0.6) is 5.88 Å². The van der Waals surface area contributed by atoms with Gasteiger partial charge in [0.1, 0.15) is 16.1 Å². The normalized spacial score (nSPS) is 25.0. The molecule has 3 atom stereocenters. The summed E-state index contributed by atoms with van der Waals surface area (Å²) in [4.78, 5) is 8.26. The summed E-state index contributed by atoms with van der Waals surface area (Å²) in [5.41, 5.74) is 6.17. The Kier molecular flexibility index (Phi) is 4.17. The summed E-state index contributed by atoms with van der Waals surface area (Å²) in [6.45, 7) is 2.00. The molecule has 1 fully saturated rings. The summed E-state index contributed by atoms with van der Waals surface area (Å²) in [7, 11) is 0. The van der Waals surface area contributed by atoms with Gasteiger partial charge in [0, 0.05) is 6.42 Å². The first-order chi connectivity index (χ1) is 10.5. The molecular formula is C12H16BrN5O4. The van der Waals surface area contributed by atoms with E-state index in [1.54, 1.807) is 0 Å². The van der Waals surface area contributed by atoms with Gasteiger partial charge in [-0.25, -0.2) is 4.68 Å². The van der Waals surface area contributed by atoms with Crippen LogP contribution in [0.4, 0.5) is 5.95 Å². The molecule has 0 aromatic carbocycles. The lowest BCUT2D eigenvalue weighted by Crippen LogP contribution is -2.24. The van der Waals surface area contributed by atoms with Crippen molar-refractivity contribution in [2.24, 2.45) is 0 Å². The van der Waals surface area contributed by atoms with E-state index in [1.165, 1.54) is 4.68 Å². The number of rotatable bonds is 4. The third-order valence-corrected chi connectivity index (χ3v) is 3.99. The minimum atomic E-state index is -0.765. The van der Waals surface area contributed by atoms with Crippen molar-refractivity contribution in [3.63, 3.8) is 0 Å². The molecule has 2 aromatic heterocycles. The Labute approximate surface area is 134 Å². The van der Waals surface area contributed by atoms with Crippen LogP contribution in [-0.4, -0.2) is 55.4 Å². The second-order valence-electron chi connectivity index (χ2n) is 4.87. The first-order valence-electron chi connectivity index (χ1n) is 6.83. The fourth-order valence-corrected chi connectivity index (χ4v) is 2.97. The van der Waals surface area contributed by atoms with Crippen molar-refractivity contribution < 1.29 is 19.7 Å². The number of ether oxygens (including phenoxy) is 2. The van der Waals surface area contributed by atoms with Crippen molar-refractivity contribution >= 4 is 32.9 Å². The lowest BCUT2D eigenvalue weighted by molar-refractivity contribution is -0.0471. The zero-order valence-electron chi connectivity index (χ0n) is 11.8. The average Bonchev–Trinajstić information content (AvgIpc) is 2.99. The molecule has 0 bridgehead atoms. The predicted octanol–water partition coefficient (Wildman–Crippen LogP) is 0.210. The molecule has 0 unspecified atom stereocenters. The van der Waals surface area contributed by atoms with Crippen molar-refractivity contribution in [3.8, 4) is 5.88 Å². The van der Waals surface area contributed by atoms with Crippen LogP contribution in [0.1, 0.15) is 19.6 Å². The zero-order valence-corrected chi connectivity index (χ0v) is 13.4. The molecule has 0 radical (unpaired) electrons. The molecule has 4 N–H and O–H groups in total. The summed E-state index contributed by atoms with van der Waals surface area (Å²) in [6, 6.07) is 0. The molecule has 3 rings (SSSR count). The summed E-state index contributed by atoms with van der Waals surface area (Å²) < 4.78 is 13.1. The smallest absolute Gasteiger partial charge is 0.230 e. The van der Waals surface area contributed by atoms with Gasteiger partial charge in [-0.15, -0.1) is 0 Å². The highest BCUT2D eigenvalue weighted by Gasteiger charge is 2.36. The summed E-state index contributed by atoms with van der Waals surface area (Å²) >= 11 is 3.36. The van der Waals surface area contributed by atoms with Crippen molar-refractivity contribution in [1.82, 2.24) is 19.7 Å². The lowest BCUT2D eigenvalue weighted by Gasteiger charge is -2.13. The highest BCUT2D eigenvalue weighted by molar-refractivity contribution is 9.10. The Hall–Kier alpha value is -1.49. The fourth-order valence-electron chi connectivity index (χ4n) is 2.45. The number of anilines is 1. The number of hydrogen-bond acceptors (Lipinski definition) is 8. The Morgan fingerprint density at radius 1 is 1.50 bits per heavy atom. The van der Waals surface area contributed by atoms with Crippen LogP contribution in [0.25, 0.3) is 11.0 Å². The number of aliphatic hydroxyl groups is 2. The van der Waals surface area contributed by atoms with Gasteiger partial charge in [0.25, 0.3) is 0 Å². The second-order valence-corrected chi connectivity index (χ2v) is 5.62. The highest BCUT2D eigenvalue weighted by atomic mass is 79.9. The summed E-state index contributed by atoms with van der Waals surface area (Å²) in [5, 5.41) is 24.0. The van der Waals surface area contributed by atoms with E-state index in [4.69, 9.17) is 15.2 Å². The van der Waals surface area contributed by atoms with Gasteiger partial charge >= 0.3 is 0 Å². The fraction of sp³-hybridized carbons (Fsp3) is 0.583. The molecule has 2 aromatic rings. The van der Waals surface area contributed by atoms with Gasteiger partial charge in [0.15, 0.2) is 11.9 Å². The molecule has 1 saturated heterocycles. The summed E-state index contributed by atoms with van der Waals surface area (Å²) in [6.07, 6.45) is -1.67. The number of fused-ring (bicyclic) bond motifs is 1. The standard InChI is InChI=1S/C12H16BrN5O4/c1-2-21-11-8-9(13)17-18(10(8)15-12(14)16-11)7-3-5(20)6(4-19)22-7/h5-7,19-20H,2-4H2,1H3,(H2,14,15,16)/t5-,6+,7+/m0/s1. The Balaban J connectivity index is 2.08.